The Morgan fingerprint density at radius 1 is 1.23 bits per heavy atom. The normalized spacial score (nSPS) is 11.2. The fraction of sp³-hybridized carbons (Fsp3) is 0.333. The predicted octanol–water partition coefficient (Wildman–Crippen LogP) is 0.868. The second kappa shape index (κ2) is 10.3. The van der Waals surface area contributed by atoms with Crippen LogP contribution in [0.3, 0.4) is 0 Å². The molecule has 0 fully saturated rings. The van der Waals surface area contributed by atoms with Crippen LogP contribution in [0, 0.1) is 0 Å². The van der Waals surface area contributed by atoms with Crippen molar-refractivity contribution in [2.45, 2.75) is 18.2 Å². The number of nitrogens with zero attached hydrogens (tertiary/aromatic N) is 2. The van der Waals surface area contributed by atoms with Crippen LogP contribution in [0.4, 0.5) is 5.13 Å². The summed E-state index contributed by atoms with van der Waals surface area (Å²) < 4.78 is 30.2. The van der Waals surface area contributed by atoms with Crippen molar-refractivity contribution >= 4 is 44.3 Å². The van der Waals surface area contributed by atoms with Crippen molar-refractivity contribution in [3.05, 3.63) is 40.9 Å². The second-order valence-corrected chi connectivity index (χ2v) is 9.18. The van der Waals surface area contributed by atoms with E-state index in [2.05, 4.69) is 15.6 Å². The molecule has 0 aliphatic carbocycles. The molecule has 10 nitrogen and oxygen atoms in total. The Labute approximate surface area is 178 Å². The highest BCUT2D eigenvalue weighted by Gasteiger charge is 2.19. The minimum Gasteiger partial charge on any atom is -0.466 e. The van der Waals surface area contributed by atoms with Gasteiger partial charge in [-0.15, -0.1) is 11.3 Å². The maximum Gasteiger partial charge on any atom is 0.311 e. The van der Waals surface area contributed by atoms with E-state index in [1.807, 2.05) is 0 Å². The molecule has 0 saturated heterocycles. The molecule has 0 unspecified atom stereocenters. The van der Waals surface area contributed by atoms with E-state index in [0.29, 0.717) is 5.69 Å². The monoisotopic (exact) mass is 454 g/mol. The topological polar surface area (TPSA) is 135 Å². The van der Waals surface area contributed by atoms with E-state index in [1.165, 1.54) is 38.4 Å². The van der Waals surface area contributed by atoms with E-state index >= 15 is 0 Å². The Kier molecular flexibility index (Phi) is 8.03. The largest absolute Gasteiger partial charge is 0.466 e. The summed E-state index contributed by atoms with van der Waals surface area (Å²) in [7, 11) is -0.897. The lowest BCUT2D eigenvalue weighted by molar-refractivity contribution is -0.142. The molecule has 1 heterocycles. The van der Waals surface area contributed by atoms with E-state index in [0.717, 1.165) is 15.6 Å². The van der Waals surface area contributed by atoms with Crippen LogP contribution in [0.2, 0.25) is 0 Å². The van der Waals surface area contributed by atoms with Crippen LogP contribution in [-0.4, -0.2) is 62.7 Å². The van der Waals surface area contributed by atoms with E-state index in [1.54, 1.807) is 12.3 Å². The van der Waals surface area contributed by atoms with Crippen LogP contribution in [0.5, 0.6) is 0 Å². The number of ether oxygens (including phenoxy) is 1. The van der Waals surface area contributed by atoms with Crippen molar-refractivity contribution in [3.63, 3.8) is 0 Å². The molecule has 12 heteroatoms. The van der Waals surface area contributed by atoms with Crippen molar-refractivity contribution < 1.29 is 27.5 Å². The number of esters is 1. The van der Waals surface area contributed by atoms with Crippen molar-refractivity contribution in [3.8, 4) is 0 Å². The summed E-state index contributed by atoms with van der Waals surface area (Å²) in [6.07, 6.45) is 0.00312. The number of carbonyl (C=O) groups is 3. The zero-order valence-corrected chi connectivity index (χ0v) is 18.3. The third-order valence-electron chi connectivity index (χ3n) is 3.71. The van der Waals surface area contributed by atoms with Gasteiger partial charge in [0.25, 0.3) is 5.91 Å². The van der Waals surface area contributed by atoms with Crippen molar-refractivity contribution in [2.24, 2.45) is 0 Å². The third-order valence-corrected chi connectivity index (χ3v) is 6.33. The van der Waals surface area contributed by atoms with Gasteiger partial charge in [0, 0.05) is 25.0 Å². The number of amides is 2. The fourth-order valence-electron chi connectivity index (χ4n) is 2.24. The number of anilines is 1. The molecule has 1 aromatic carbocycles. The molecule has 1 aromatic heterocycles. The summed E-state index contributed by atoms with van der Waals surface area (Å²) >= 11 is 1.14. The van der Waals surface area contributed by atoms with Crippen LogP contribution < -0.4 is 10.6 Å². The number of nitrogens with one attached hydrogen (secondary N) is 2. The molecule has 2 amide bonds. The Balaban J connectivity index is 1.92. The number of hydrogen-bond acceptors (Lipinski definition) is 8. The maximum absolute atomic E-state index is 12.3. The summed E-state index contributed by atoms with van der Waals surface area (Å²) in [4.78, 5) is 39.9. The number of benzene rings is 1. The van der Waals surface area contributed by atoms with Gasteiger partial charge in [-0.2, -0.15) is 0 Å². The molecule has 162 valence electrons. The standard InChI is InChI=1S/C18H22N4O6S2/c1-4-28-16(24)9-13-11-29-18(20-13)21-15(23)10-19-17(25)12-6-5-7-14(8-12)30(26,27)22(2)3/h5-8,11H,4,9-10H2,1-3H3,(H,19,25)(H,20,21,23). The SMILES string of the molecule is CCOC(=O)Cc1csc(NC(=O)CNC(=O)c2cccc(S(=O)(=O)N(C)C)c2)n1. The van der Waals surface area contributed by atoms with E-state index in [-0.39, 0.29) is 35.2 Å². The van der Waals surface area contributed by atoms with Crippen LogP contribution in [0.25, 0.3) is 0 Å². The highest BCUT2D eigenvalue weighted by atomic mass is 32.2. The first kappa shape index (κ1) is 23.4. The third kappa shape index (κ3) is 6.34. The summed E-state index contributed by atoms with van der Waals surface area (Å²) in [5, 5.41) is 6.86. The average Bonchev–Trinajstić information content (AvgIpc) is 3.12. The van der Waals surface area contributed by atoms with Gasteiger partial charge in [-0.3, -0.25) is 14.4 Å². The minimum atomic E-state index is -3.68. The lowest BCUT2D eigenvalue weighted by atomic mass is 10.2. The van der Waals surface area contributed by atoms with Gasteiger partial charge in [0.2, 0.25) is 15.9 Å². The highest BCUT2D eigenvalue weighted by molar-refractivity contribution is 7.89. The molecule has 30 heavy (non-hydrogen) atoms. The van der Waals surface area contributed by atoms with Gasteiger partial charge in [0.15, 0.2) is 5.13 Å². The van der Waals surface area contributed by atoms with Crippen molar-refractivity contribution in [1.82, 2.24) is 14.6 Å². The van der Waals surface area contributed by atoms with Gasteiger partial charge in [-0.25, -0.2) is 17.7 Å². The van der Waals surface area contributed by atoms with Gasteiger partial charge in [-0.05, 0) is 25.1 Å². The molecular formula is C18H22N4O6S2. The first-order valence-corrected chi connectivity index (χ1v) is 11.2. The zero-order valence-electron chi connectivity index (χ0n) is 16.7. The maximum atomic E-state index is 12.3. The predicted molar refractivity (Wildman–Crippen MR) is 111 cm³/mol. The van der Waals surface area contributed by atoms with Crippen LogP contribution in [0.1, 0.15) is 23.0 Å². The van der Waals surface area contributed by atoms with Crippen LogP contribution in [-0.2, 0) is 30.8 Å². The lowest BCUT2D eigenvalue weighted by Crippen LogP contribution is -2.33. The van der Waals surface area contributed by atoms with Crippen molar-refractivity contribution in [1.29, 1.82) is 0 Å². The van der Waals surface area contributed by atoms with Gasteiger partial charge < -0.3 is 15.4 Å². The molecular weight excluding hydrogens is 432 g/mol. The lowest BCUT2D eigenvalue weighted by Gasteiger charge is -2.12. The fourth-order valence-corrected chi connectivity index (χ4v) is 3.91. The molecule has 0 spiro atoms. The zero-order chi connectivity index (χ0) is 22.3. The Hall–Kier alpha value is -2.83. The minimum absolute atomic E-state index is 0.00312. The van der Waals surface area contributed by atoms with Crippen LogP contribution in [0.15, 0.2) is 34.5 Å². The first-order chi connectivity index (χ1) is 14.1. The number of rotatable bonds is 9. The average molecular weight is 455 g/mol. The number of aromatic nitrogens is 1. The van der Waals surface area contributed by atoms with Gasteiger partial charge in [-0.1, -0.05) is 6.07 Å². The van der Waals surface area contributed by atoms with Crippen LogP contribution >= 0.6 is 11.3 Å². The first-order valence-electron chi connectivity index (χ1n) is 8.84. The summed E-state index contributed by atoms with van der Waals surface area (Å²) in [6, 6.07) is 5.52. The number of hydrogen-bond donors (Lipinski definition) is 2. The summed E-state index contributed by atoms with van der Waals surface area (Å²) in [6.45, 7) is 1.64. The van der Waals surface area contributed by atoms with Crippen molar-refractivity contribution in [2.75, 3.05) is 32.6 Å². The smallest absolute Gasteiger partial charge is 0.311 e. The molecule has 0 bridgehead atoms. The highest BCUT2D eigenvalue weighted by Crippen LogP contribution is 2.16. The van der Waals surface area contributed by atoms with Gasteiger partial charge >= 0.3 is 5.97 Å². The Morgan fingerprint density at radius 2 is 1.97 bits per heavy atom. The van der Waals surface area contributed by atoms with Gasteiger partial charge in [0.1, 0.15) is 0 Å². The molecule has 0 atom stereocenters. The number of carbonyl (C=O) groups excluding carboxylic acids is 3. The molecule has 2 rings (SSSR count). The quantitative estimate of drug-likeness (QED) is 0.537. The van der Waals surface area contributed by atoms with E-state index < -0.39 is 27.8 Å². The summed E-state index contributed by atoms with van der Waals surface area (Å²) in [5.74, 6) is -1.52. The Morgan fingerprint density at radius 3 is 2.63 bits per heavy atom. The molecule has 0 saturated carbocycles. The number of thiazole rings is 1. The molecule has 0 aliphatic rings. The van der Waals surface area contributed by atoms with E-state index in [9.17, 15) is 22.8 Å². The Bertz CT molecular complexity index is 1030. The molecule has 2 aromatic rings. The number of sulfonamides is 1. The van der Waals surface area contributed by atoms with Gasteiger partial charge in [0.05, 0.1) is 30.2 Å². The molecule has 0 aliphatic heterocycles. The molecule has 0 radical (unpaired) electrons. The second-order valence-electron chi connectivity index (χ2n) is 6.17. The summed E-state index contributed by atoms with van der Waals surface area (Å²) in [5.41, 5.74) is 0.577. The molecule has 2 N–H and O–H groups in total. The van der Waals surface area contributed by atoms with E-state index in [4.69, 9.17) is 4.74 Å².